The molecule has 2 aliphatic rings. The first-order chi connectivity index (χ1) is 18.7. The van der Waals surface area contributed by atoms with Crippen molar-refractivity contribution in [1.82, 2.24) is 0 Å². The van der Waals surface area contributed by atoms with Crippen molar-refractivity contribution >= 4 is 34.7 Å². The Hall–Kier alpha value is -3.72. The van der Waals surface area contributed by atoms with Crippen LogP contribution in [0, 0.1) is 32.1 Å². The van der Waals surface area contributed by atoms with Gasteiger partial charge < -0.3 is 10.5 Å². The number of nitrogens with two attached hydrogens (primary N) is 1. The van der Waals surface area contributed by atoms with Crippen LogP contribution in [0.1, 0.15) is 53.0 Å². The fourth-order valence-corrected chi connectivity index (χ4v) is 6.05. The van der Waals surface area contributed by atoms with E-state index in [0.29, 0.717) is 52.7 Å². The third-order valence-corrected chi connectivity index (χ3v) is 7.91. The van der Waals surface area contributed by atoms with Gasteiger partial charge in [0.1, 0.15) is 18.2 Å². The molecule has 1 aliphatic heterocycles. The first kappa shape index (κ1) is 26.9. The zero-order chi connectivity index (χ0) is 27.8. The normalized spacial score (nSPS) is 17.3. The minimum absolute atomic E-state index is 0.0251. The standard InChI is InChI=1S/C32H29Cl2N3O2/c1-18-7-9-25(10-8-18)39-17-21-12-26(20(3)11-19(21)2)30-27(16-35)32(36)37(24-14-22(33)13-23(34)15-24)28-5-4-6-29(38)31(28)30/h7-15,30H,4-6,17,36H2,1-3H3. The molecule has 5 rings (SSSR count). The second kappa shape index (κ2) is 10.8. The number of rotatable bonds is 5. The smallest absolute Gasteiger partial charge is 0.161 e. The van der Waals surface area contributed by atoms with Gasteiger partial charge in [0.25, 0.3) is 0 Å². The number of allylic oxidation sites excluding steroid dienone is 3. The molecule has 1 unspecified atom stereocenters. The van der Waals surface area contributed by atoms with Crippen molar-refractivity contribution in [1.29, 1.82) is 5.26 Å². The van der Waals surface area contributed by atoms with Crippen LogP contribution in [0.3, 0.4) is 0 Å². The summed E-state index contributed by atoms with van der Waals surface area (Å²) in [5.41, 5.74) is 14.2. The number of nitriles is 1. The fourth-order valence-electron chi connectivity index (χ4n) is 5.54. The van der Waals surface area contributed by atoms with E-state index < -0.39 is 5.92 Å². The SMILES string of the molecule is Cc1ccc(OCc2cc(C3C(C#N)=C(N)N(c4cc(Cl)cc(Cl)c4)C4=C3C(=O)CCC4)c(C)cc2C)cc1. The van der Waals surface area contributed by atoms with Crippen molar-refractivity contribution in [2.24, 2.45) is 5.73 Å². The van der Waals surface area contributed by atoms with Gasteiger partial charge in [-0.1, -0.05) is 53.0 Å². The molecule has 0 bridgehead atoms. The van der Waals surface area contributed by atoms with E-state index in [1.165, 1.54) is 0 Å². The molecule has 0 saturated heterocycles. The van der Waals surface area contributed by atoms with E-state index in [1.807, 2.05) is 45.0 Å². The zero-order valence-electron chi connectivity index (χ0n) is 22.1. The van der Waals surface area contributed by atoms with Gasteiger partial charge in [-0.2, -0.15) is 5.26 Å². The van der Waals surface area contributed by atoms with Crippen LogP contribution in [0.25, 0.3) is 0 Å². The van der Waals surface area contributed by atoms with Crippen LogP contribution in [-0.2, 0) is 11.4 Å². The lowest BCUT2D eigenvalue weighted by Gasteiger charge is -2.40. The number of benzene rings is 3. The number of carbonyl (C=O) groups is 1. The van der Waals surface area contributed by atoms with Gasteiger partial charge in [-0.3, -0.25) is 9.69 Å². The number of carbonyl (C=O) groups excluding carboxylic acids is 1. The van der Waals surface area contributed by atoms with Crippen LogP contribution >= 0.6 is 23.2 Å². The number of halogens is 2. The molecule has 1 atom stereocenters. The summed E-state index contributed by atoms with van der Waals surface area (Å²) in [7, 11) is 0. The Balaban J connectivity index is 1.63. The van der Waals surface area contributed by atoms with E-state index in [4.69, 9.17) is 33.7 Å². The lowest BCUT2D eigenvalue weighted by molar-refractivity contribution is -0.116. The fraction of sp³-hybridized carbons (Fsp3) is 0.250. The summed E-state index contributed by atoms with van der Waals surface area (Å²) in [6.45, 7) is 6.45. The van der Waals surface area contributed by atoms with Crippen LogP contribution < -0.4 is 15.4 Å². The van der Waals surface area contributed by atoms with Gasteiger partial charge in [-0.15, -0.1) is 0 Å². The van der Waals surface area contributed by atoms with E-state index >= 15 is 0 Å². The Morgan fingerprint density at radius 1 is 1.00 bits per heavy atom. The second-order valence-electron chi connectivity index (χ2n) is 10.2. The number of ketones is 1. The third-order valence-electron chi connectivity index (χ3n) is 7.47. The molecule has 2 N–H and O–H groups in total. The Labute approximate surface area is 239 Å². The van der Waals surface area contributed by atoms with Gasteiger partial charge in [0, 0.05) is 27.7 Å². The first-order valence-corrected chi connectivity index (χ1v) is 13.6. The Bertz CT molecular complexity index is 1560. The largest absolute Gasteiger partial charge is 0.489 e. The van der Waals surface area contributed by atoms with Gasteiger partial charge in [-0.25, -0.2) is 0 Å². The molecule has 0 spiro atoms. The van der Waals surface area contributed by atoms with Crippen molar-refractivity contribution < 1.29 is 9.53 Å². The maximum absolute atomic E-state index is 13.6. The molecule has 0 aromatic heterocycles. The monoisotopic (exact) mass is 557 g/mol. The summed E-state index contributed by atoms with van der Waals surface area (Å²) in [5, 5.41) is 11.3. The molecule has 0 radical (unpaired) electrons. The number of hydrogen-bond acceptors (Lipinski definition) is 5. The van der Waals surface area contributed by atoms with Crippen LogP contribution in [0.15, 0.2) is 77.3 Å². The molecule has 3 aromatic carbocycles. The summed E-state index contributed by atoms with van der Waals surface area (Å²) in [5.74, 6) is 0.524. The van der Waals surface area contributed by atoms with E-state index in [9.17, 15) is 10.1 Å². The number of Topliss-reactive ketones (excluding diaryl/α,β-unsaturated/α-hetero) is 1. The quantitative estimate of drug-likeness (QED) is 0.346. The molecule has 0 saturated carbocycles. The Morgan fingerprint density at radius 2 is 1.69 bits per heavy atom. The third kappa shape index (κ3) is 5.15. The van der Waals surface area contributed by atoms with Crippen LogP contribution in [0.4, 0.5) is 5.69 Å². The van der Waals surface area contributed by atoms with Gasteiger partial charge in [-0.05, 0) is 86.2 Å². The Morgan fingerprint density at radius 3 is 2.36 bits per heavy atom. The highest BCUT2D eigenvalue weighted by atomic mass is 35.5. The number of anilines is 1. The minimum atomic E-state index is -0.567. The summed E-state index contributed by atoms with van der Waals surface area (Å²) < 4.78 is 6.10. The maximum Gasteiger partial charge on any atom is 0.161 e. The van der Waals surface area contributed by atoms with E-state index in [0.717, 1.165) is 39.3 Å². The van der Waals surface area contributed by atoms with Gasteiger partial charge >= 0.3 is 0 Å². The van der Waals surface area contributed by atoms with Crippen molar-refractivity contribution in [3.8, 4) is 11.8 Å². The highest BCUT2D eigenvalue weighted by molar-refractivity contribution is 6.35. The highest BCUT2D eigenvalue weighted by Gasteiger charge is 2.41. The average molecular weight is 559 g/mol. The summed E-state index contributed by atoms with van der Waals surface area (Å²) in [4.78, 5) is 15.3. The van der Waals surface area contributed by atoms with Gasteiger partial charge in [0.15, 0.2) is 5.78 Å². The van der Waals surface area contributed by atoms with Crippen LogP contribution in [0.2, 0.25) is 10.0 Å². The molecular formula is C32H29Cl2N3O2. The predicted octanol–water partition coefficient (Wildman–Crippen LogP) is 7.80. The van der Waals surface area contributed by atoms with Gasteiger partial charge in [0.2, 0.25) is 0 Å². The number of nitrogens with zero attached hydrogens (tertiary/aromatic N) is 2. The molecule has 3 aromatic rings. The molecular weight excluding hydrogens is 529 g/mol. The van der Waals surface area contributed by atoms with Gasteiger partial charge in [0.05, 0.1) is 23.2 Å². The lowest BCUT2D eigenvalue weighted by Crippen LogP contribution is -2.39. The highest BCUT2D eigenvalue weighted by Crippen LogP contribution is 2.47. The maximum atomic E-state index is 13.6. The molecule has 7 heteroatoms. The van der Waals surface area contributed by atoms with Crippen molar-refractivity contribution in [3.63, 3.8) is 0 Å². The summed E-state index contributed by atoms with van der Waals surface area (Å²) in [6, 6.07) is 19.6. The van der Waals surface area contributed by atoms with Crippen molar-refractivity contribution in [3.05, 3.63) is 115 Å². The summed E-state index contributed by atoms with van der Waals surface area (Å²) >= 11 is 12.6. The molecule has 5 nitrogen and oxygen atoms in total. The van der Waals surface area contributed by atoms with Crippen LogP contribution in [0.5, 0.6) is 5.75 Å². The summed E-state index contributed by atoms with van der Waals surface area (Å²) in [6.07, 6.45) is 1.77. The molecule has 39 heavy (non-hydrogen) atoms. The lowest BCUT2D eigenvalue weighted by atomic mass is 9.74. The molecule has 1 heterocycles. The second-order valence-corrected chi connectivity index (χ2v) is 11.1. The van der Waals surface area contributed by atoms with Crippen LogP contribution in [-0.4, -0.2) is 5.78 Å². The molecule has 0 fully saturated rings. The first-order valence-electron chi connectivity index (χ1n) is 12.9. The average Bonchev–Trinajstić information content (AvgIpc) is 2.88. The number of aryl methyl sites for hydroxylation is 3. The molecule has 198 valence electrons. The number of hydrogen-bond donors (Lipinski definition) is 1. The zero-order valence-corrected chi connectivity index (χ0v) is 23.7. The van der Waals surface area contributed by atoms with E-state index in [1.54, 1.807) is 23.1 Å². The molecule has 0 amide bonds. The predicted molar refractivity (Wildman–Crippen MR) is 156 cm³/mol. The van der Waals surface area contributed by atoms with Crippen molar-refractivity contribution in [2.75, 3.05) is 4.90 Å². The minimum Gasteiger partial charge on any atom is -0.489 e. The molecule has 1 aliphatic carbocycles. The number of ether oxygens (including phenoxy) is 1. The van der Waals surface area contributed by atoms with Crippen molar-refractivity contribution in [2.45, 2.75) is 52.6 Å². The van der Waals surface area contributed by atoms with E-state index in [-0.39, 0.29) is 11.6 Å². The Kier molecular flexibility index (Phi) is 7.44. The van der Waals surface area contributed by atoms with E-state index in [2.05, 4.69) is 18.2 Å². The topological polar surface area (TPSA) is 79.3 Å².